The van der Waals surface area contributed by atoms with Gasteiger partial charge in [-0.1, -0.05) is 30.3 Å². The van der Waals surface area contributed by atoms with Gasteiger partial charge in [-0.2, -0.15) is 0 Å². The third-order valence-corrected chi connectivity index (χ3v) is 2.88. The fraction of sp³-hybridized carbons (Fsp3) is 0.286. The van der Waals surface area contributed by atoms with Gasteiger partial charge in [0.1, 0.15) is 6.04 Å². The van der Waals surface area contributed by atoms with E-state index in [4.69, 9.17) is 0 Å². The number of rotatable bonds is 7. The lowest BCUT2D eigenvalue weighted by Gasteiger charge is -2.14. The van der Waals surface area contributed by atoms with E-state index in [0.717, 1.165) is 18.5 Å². The van der Waals surface area contributed by atoms with E-state index in [1.807, 2.05) is 41.1 Å². The van der Waals surface area contributed by atoms with Gasteiger partial charge in [0.05, 0.1) is 6.33 Å². The summed E-state index contributed by atoms with van der Waals surface area (Å²) in [5.74, 6) is -0.853. The number of nitrogens with zero attached hydrogens (tertiary/aromatic N) is 2. The molecule has 0 radical (unpaired) electrons. The Labute approximate surface area is 111 Å². The zero-order chi connectivity index (χ0) is 13.5. The molecule has 0 unspecified atom stereocenters. The highest BCUT2D eigenvalue weighted by atomic mass is 16.4. The Morgan fingerprint density at radius 1 is 1.37 bits per heavy atom. The number of hydrogen-bond acceptors (Lipinski definition) is 3. The summed E-state index contributed by atoms with van der Waals surface area (Å²) in [4.78, 5) is 15.2. The summed E-state index contributed by atoms with van der Waals surface area (Å²) in [7, 11) is 0. The number of carbonyl (C=O) groups is 1. The Bertz CT molecular complexity index is 497. The third kappa shape index (κ3) is 3.93. The summed E-state index contributed by atoms with van der Waals surface area (Å²) in [5.41, 5.74) is 0.776. The molecular weight excluding hydrogens is 242 g/mol. The smallest absolute Gasteiger partial charge is 0.325 e. The van der Waals surface area contributed by atoms with Crippen molar-refractivity contribution in [2.24, 2.45) is 0 Å². The molecule has 1 atom stereocenters. The normalized spacial score (nSPS) is 12.2. The lowest BCUT2D eigenvalue weighted by Crippen LogP contribution is -2.29. The maximum atomic E-state index is 11.2. The number of aromatic nitrogens is 2. The second-order valence-corrected chi connectivity index (χ2v) is 4.29. The molecule has 0 fully saturated rings. The fourth-order valence-corrected chi connectivity index (χ4v) is 1.92. The van der Waals surface area contributed by atoms with Crippen LogP contribution in [0.15, 0.2) is 49.1 Å². The van der Waals surface area contributed by atoms with Crippen LogP contribution >= 0.6 is 0 Å². The quantitative estimate of drug-likeness (QED) is 0.742. The Balaban J connectivity index is 1.83. The van der Waals surface area contributed by atoms with E-state index >= 15 is 0 Å². The average Bonchev–Trinajstić information content (AvgIpc) is 2.92. The summed E-state index contributed by atoms with van der Waals surface area (Å²) in [6.45, 7) is 1.47. The molecular formula is C14H17N3O2. The molecule has 0 saturated carbocycles. The van der Waals surface area contributed by atoms with Gasteiger partial charge in [0.15, 0.2) is 0 Å². The molecule has 19 heavy (non-hydrogen) atoms. The number of hydrogen-bond donors (Lipinski definition) is 2. The SMILES string of the molecule is O=C(O)[C@H](NCCCn1ccnc1)c1ccccc1. The van der Waals surface area contributed by atoms with Crippen molar-refractivity contribution in [3.63, 3.8) is 0 Å². The van der Waals surface area contributed by atoms with Gasteiger partial charge in [-0.25, -0.2) is 4.98 Å². The van der Waals surface area contributed by atoms with Crippen molar-refractivity contribution < 1.29 is 9.90 Å². The van der Waals surface area contributed by atoms with E-state index in [0.29, 0.717) is 6.54 Å². The van der Waals surface area contributed by atoms with Crippen LogP contribution in [0.4, 0.5) is 0 Å². The van der Waals surface area contributed by atoms with Crippen LogP contribution in [-0.4, -0.2) is 27.2 Å². The van der Waals surface area contributed by atoms with Crippen LogP contribution in [0.25, 0.3) is 0 Å². The Morgan fingerprint density at radius 2 is 2.16 bits per heavy atom. The van der Waals surface area contributed by atoms with Crippen molar-refractivity contribution in [2.45, 2.75) is 19.0 Å². The topological polar surface area (TPSA) is 67.2 Å². The van der Waals surface area contributed by atoms with E-state index in [-0.39, 0.29) is 0 Å². The highest BCUT2D eigenvalue weighted by Crippen LogP contribution is 2.12. The third-order valence-electron chi connectivity index (χ3n) is 2.88. The maximum Gasteiger partial charge on any atom is 0.325 e. The van der Waals surface area contributed by atoms with Crippen LogP contribution in [0, 0.1) is 0 Å². The molecule has 2 N–H and O–H groups in total. The molecule has 0 aliphatic rings. The molecule has 2 rings (SSSR count). The van der Waals surface area contributed by atoms with Gasteiger partial charge < -0.3 is 15.0 Å². The standard InChI is InChI=1S/C14H17N3O2/c18-14(19)13(12-5-2-1-3-6-12)16-7-4-9-17-10-8-15-11-17/h1-3,5-6,8,10-11,13,16H,4,7,9H2,(H,18,19)/t13-/m1/s1. The maximum absolute atomic E-state index is 11.2. The average molecular weight is 259 g/mol. The molecule has 0 spiro atoms. The number of carboxylic acids is 1. The van der Waals surface area contributed by atoms with Crippen molar-refractivity contribution in [1.29, 1.82) is 0 Å². The molecule has 1 aromatic carbocycles. The molecule has 0 saturated heterocycles. The number of aliphatic carboxylic acids is 1. The van der Waals surface area contributed by atoms with Gasteiger partial charge in [0.2, 0.25) is 0 Å². The van der Waals surface area contributed by atoms with Gasteiger partial charge in [-0.05, 0) is 18.5 Å². The van der Waals surface area contributed by atoms with Crippen molar-refractivity contribution in [3.05, 3.63) is 54.6 Å². The molecule has 0 bridgehead atoms. The lowest BCUT2D eigenvalue weighted by molar-refractivity contribution is -0.139. The highest BCUT2D eigenvalue weighted by molar-refractivity contribution is 5.75. The number of benzene rings is 1. The summed E-state index contributed by atoms with van der Waals surface area (Å²) >= 11 is 0. The molecule has 0 aliphatic carbocycles. The van der Waals surface area contributed by atoms with Crippen LogP contribution in [0.1, 0.15) is 18.0 Å². The fourth-order valence-electron chi connectivity index (χ4n) is 1.92. The molecule has 1 aromatic heterocycles. The molecule has 5 heteroatoms. The van der Waals surface area contributed by atoms with Gasteiger partial charge in [0, 0.05) is 18.9 Å². The first-order valence-electron chi connectivity index (χ1n) is 6.24. The van der Waals surface area contributed by atoms with Crippen molar-refractivity contribution in [2.75, 3.05) is 6.54 Å². The summed E-state index contributed by atoms with van der Waals surface area (Å²) in [5, 5.41) is 12.3. The first kappa shape index (κ1) is 13.3. The van der Waals surface area contributed by atoms with E-state index in [2.05, 4.69) is 10.3 Å². The van der Waals surface area contributed by atoms with Crippen LogP contribution in [0.3, 0.4) is 0 Å². The van der Waals surface area contributed by atoms with E-state index < -0.39 is 12.0 Å². The van der Waals surface area contributed by atoms with Crippen molar-refractivity contribution in [3.8, 4) is 0 Å². The zero-order valence-electron chi connectivity index (χ0n) is 10.6. The Kier molecular flexibility index (Phi) is 4.69. The van der Waals surface area contributed by atoms with Gasteiger partial charge in [0.25, 0.3) is 0 Å². The molecule has 100 valence electrons. The minimum Gasteiger partial charge on any atom is -0.480 e. The summed E-state index contributed by atoms with van der Waals surface area (Å²) in [6.07, 6.45) is 6.24. The predicted molar refractivity (Wildman–Crippen MR) is 71.7 cm³/mol. The summed E-state index contributed by atoms with van der Waals surface area (Å²) in [6, 6.07) is 8.56. The van der Waals surface area contributed by atoms with Crippen LogP contribution in [0.5, 0.6) is 0 Å². The van der Waals surface area contributed by atoms with E-state index in [1.54, 1.807) is 12.5 Å². The van der Waals surface area contributed by atoms with Gasteiger partial charge >= 0.3 is 5.97 Å². The molecule has 1 heterocycles. The van der Waals surface area contributed by atoms with Crippen LogP contribution < -0.4 is 5.32 Å². The van der Waals surface area contributed by atoms with Gasteiger partial charge in [-0.15, -0.1) is 0 Å². The Hall–Kier alpha value is -2.14. The Morgan fingerprint density at radius 3 is 2.79 bits per heavy atom. The molecule has 2 aromatic rings. The number of carboxylic acid groups (broad SMARTS) is 1. The molecule has 0 amide bonds. The minimum absolute atomic E-state index is 0.643. The van der Waals surface area contributed by atoms with Crippen molar-refractivity contribution >= 4 is 5.97 Å². The first-order valence-corrected chi connectivity index (χ1v) is 6.24. The summed E-state index contributed by atoms with van der Waals surface area (Å²) < 4.78 is 1.97. The minimum atomic E-state index is -0.853. The van der Waals surface area contributed by atoms with Crippen LogP contribution in [-0.2, 0) is 11.3 Å². The number of nitrogens with one attached hydrogen (secondary N) is 1. The van der Waals surface area contributed by atoms with Crippen molar-refractivity contribution in [1.82, 2.24) is 14.9 Å². The number of imidazole rings is 1. The van der Waals surface area contributed by atoms with Gasteiger partial charge in [-0.3, -0.25) is 4.79 Å². The lowest BCUT2D eigenvalue weighted by atomic mass is 10.1. The monoisotopic (exact) mass is 259 g/mol. The zero-order valence-corrected chi connectivity index (χ0v) is 10.6. The number of aryl methyl sites for hydroxylation is 1. The largest absolute Gasteiger partial charge is 0.480 e. The second kappa shape index (κ2) is 6.70. The van der Waals surface area contributed by atoms with Crippen LogP contribution in [0.2, 0.25) is 0 Å². The molecule has 5 nitrogen and oxygen atoms in total. The predicted octanol–water partition coefficient (Wildman–Crippen LogP) is 1.69. The first-order chi connectivity index (χ1) is 9.27. The van der Waals surface area contributed by atoms with E-state index in [1.165, 1.54) is 0 Å². The highest BCUT2D eigenvalue weighted by Gasteiger charge is 2.17. The second-order valence-electron chi connectivity index (χ2n) is 4.29. The molecule has 0 aliphatic heterocycles. The van der Waals surface area contributed by atoms with E-state index in [9.17, 15) is 9.90 Å².